The largest absolute Gasteiger partial charge is 0.396 e. The van der Waals surface area contributed by atoms with Gasteiger partial charge in [-0.15, -0.1) is 0 Å². The molecule has 4 nitrogen and oxygen atoms in total. The summed E-state index contributed by atoms with van der Waals surface area (Å²) in [5, 5.41) is 0. The highest BCUT2D eigenvalue weighted by molar-refractivity contribution is 6.00. The predicted molar refractivity (Wildman–Crippen MR) is 74.5 cm³/mol. The average Bonchev–Trinajstić information content (AvgIpc) is 2.27. The lowest BCUT2D eigenvalue weighted by atomic mass is 9.91. The van der Waals surface area contributed by atoms with Gasteiger partial charge >= 0.3 is 0 Å². The van der Waals surface area contributed by atoms with Crippen LogP contribution in [0, 0.1) is 11.8 Å². The number of hydrogen-bond acceptors (Lipinski definition) is 3. The molecule has 1 heterocycles. The minimum atomic E-state index is -0.465. The van der Waals surface area contributed by atoms with Gasteiger partial charge in [0.05, 0.1) is 16.9 Å². The van der Waals surface area contributed by atoms with Crippen LogP contribution in [0.2, 0.25) is 0 Å². The molecule has 0 spiro atoms. The number of hydrogen-bond donors (Lipinski definition) is 2. The molecule has 0 saturated carbocycles. The van der Waals surface area contributed by atoms with Crippen LogP contribution in [0.4, 0.5) is 11.4 Å². The molecular formula is C14H21N3O. The maximum atomic E-state index is 11.3. The Kier molecular flexibility index (Phi) is 3.45. The molecule has 0 bridgehead atoms. The van der Waals surface area contributed by atoms with Crippen LogP contribution in [0.15, 0.2) is 18.2 Å². The molecule has 4 N–H and O–H groups in total. The summed E-state index contributed by atoms with van der Waals surface area (Å²) in [4.78, 5) is 13.6. The highest BCUT2D eigenvalue weighted by Gasteiger charge is 2.24. The smallest absolute Gasteiger partial charge is 0.250 e. The molecule has 18 heavy (non-hydrogen) atoms. The number of para-hydroxylation sites is 1. The van der Waals surface area contributed by atoms with Crippen molar-refractivity contribution in [3.05, 3.63) is 23.8 Å². The zero-order valence-corrected chi connectivity index (χ0v) is 11.0. The van der Waals surface area contributed by atoms with Gasteiger partial charge in [0.1, 0.15) is 0 Å². The summed E-state index contributed by atoms with van der Waals surface area (Å²) in [5.41, 5.74) is 13.2. The maximum Gasteiger partial charge on any atom is 0.250 e. The highest BCUT2D eigenvalue weighted by atomic mass is 16.1. The van der Waals surface area contributed by atoms with E-state index in [2.05, 4.69) is 18.7 Å². The van der Waals surface area contributed by atoms with Crippen LogP contribution in [0.1, 0.15) is 30.6 Å². The van der Waals surface area contributed by atoms with Crippen LogP contribution < -0.4 is 16.4 Å². The van der Waals surface area contributed by atoms with E-state index < -0.39 is 5.91 Å². The van der Waals surface area contributed by atoms with Crippen molar-refractivity contribution < 1.29 is 4.79 Å². The number of carbonyl (C=O) groups is 1. The summed E-state index contributed by atoms with van der Waals surface area (Å²) in [7, 11) is 0. The summed E-state index contributed by atoms with van der Waals surface area (Å²) in [6.45, 7) is 6.46. The zero-order chi connectivity index (χ0) is 13.3. The second-order valence-electron chi connectivity index (χ2n) is 5.45. The molecule has 1 aromatic carbocycles. The molecule has 0 aromatic heterocycles. The molecular weight excluding hydrogens is 226 g/mol. The number of rotatable bonds is 2. The Bertz CT molecular complexity index is 448. The number of amides is 1. The van der Waals surface area contributed by atoms with E-state index >= 15 is 0 Å². The quantitative estimate of drug-likeness (QED) is 0.783. The SMILES string of the molecule is CC1CC(C)CN(c2cccc(C(N)=O)c2N)C1. The van der Waals surface area contributed by atoms with Gasteiger partial charge in [0.25, 0.3) is 5.91 Å². The van der Waals surface area contributed by atoms with E-state index in [0.29, 0.717) is 23.1 Å². The van der Waals surface area contributed by atoms with Gasteiger partial charge in [-0.3, -0.25) is 4.79 Å². The van der Waals surface area contributed by atoms with E-state index in [1.807, 2.05) is 12.1 Å². The lowest BCUT2D eigenvalue weighted by Gasteiger charge is -2.37. The van der Waals surface area contributed by atoms with Gasteiger partial charge in [0, 0.05) is 13.1 Å². The number of anilines is 2. The summed E-state index contributed by atoms with van der Waals surface area (Å²) in [6.07, 6.45) is 1.24. The summed E-state index contributed by atoms with van der Waals surface area (Å²) >= 11 is 0. The summed E-state index contributed by atoms with van der Waals surface area (Å²) < 4.78 is 0. The number of nitrogens with zero attached hydrogens (tertiary/aromatic N) is 1. The van der Waals surface area contributed by atoms with Crippen molar-refractivity contribution in [2.24, 2.45) is 17.6 Å². The predicted octanol–water partition coefficient (Wildman–Crippen LogP) is 1.85. The molecule has 1 aliphatic heterocycles. The first kappa shape index (κ1) is 12.7. The molecule has 2 unspecified atom stereocenters. The van der Waals surface area contributed by atoms with Crippen LogP contribution in [0.5, 0.6) is 0 Å². The van der Waals surface area contributed by atoms with Crippen LogP contribution in [-0.2, 0) is 0 Å². The third-order valence-electron chi connectivity index (χ3n) is 3.56. The number of carbonyl (C=O) groups excluding carboxylic acids is 1. The minimum Gasteiger partial charge on any atom is -0.396 e. The van der Waals surface area contributed by atoms with Crippen LogP contribution >= 0.6 is 0 Å². The second-order valence-corrected chi connectivity index (χ2v) is 5.45. The number of piperidine rings is 1. The minimum absolute atomic E-state index is 0.415. The molecule has 2 atom stereocenters. The Labute approximate surface area is 108 Å². The summed E-state index contributed by atoms with van der Waals surface area (Å²) in [6, 6.07) is 5.49. The van der Waals surface area contributed by atoms with E-state index in [9.17, 15) is 4.79 Å². The first-order valence-electron chi connectivity index (χ1n) is 6.42. The molecule has 1 aromatic rings. The fraction of sp³-hybridized carbons (Fsp3) is 0.500. The lowest BCUT2D eigenvalue weighted by Crippen LogP contribution is -2.39. The number of benzene rings is 1. The first-order valence-corrected chi connectivity index (χ1v) is 6.42. The fourth-order valence-electron chi connectivity index (χ4n) is 2.90. The second kappa shape index (κ2) is 4.88. The van der Waals surface area contributed by atoms with Crippen molar-refractivity contribution in [2.75, 3.05) is 23.7 Å². The van der Waals surface area contributed by atoms with E-state index in [-0.39, 0.29) is 0 Å². The van der Waals surface area contributed by atoms with E-state index in [1.165, 1.54) is 6.42 Å². The lowest BCUT2D eigenvalue weighted by molar-refractivity contribution is 0.100. The molecule has 0 aliphatic carbocycles. The fourth-order valence-corrected chi connectivity index (χ4v) is 2.90. The Morgan fingerprint density at radius 1 is 1.28 bits per heavy atom. The van der Waals surface area contributed by atoms with Gasteiger partial charge in [-0.2, -0.15) is 0 Å². The zero-order valence-electron chi connectivity index (χ0n) is 11.0. The van der Waals surface area contributed by atoms with Crippen molar-refractivity contribution in [3.8, 4) is 0 Å². The van der Waals surface area contributed by atoms with Gasteiger partial charge in [-0.25, -0.2) is 0 Å². The standard InChI is InChI=1S/C14H21N3O/c1-9-6-10(2)8-17(7-9)12-5-3-4-11(13(12)15)14(16)18/h3-5,9-10H,6-8,15H2,1-2H3,(H2,16,18). The first-order chi connectivity index (χ1) is 8.49. The Balaban J connectivity index is 2.33. The molecule has 1 fully saturated rings. The van der Waals surface area contributed by atoms with Crippen molar-refractivity contribution >= 4 is 17.3 Å². The van der Waals surface area contributed by atoms with Crippen molar-refractivity contribution in [3.63, 3.8) is 0 Å². The Morgan fingerprint density at radius 2 is 1.89 bits per heavy atom. The van der Waals surface area contributed by atoms with Gasteiger partial charge < -0.3 is 16.4 Å². The monoisotopic (exact) mass is 247 g/mol. The molecule has 1 amide bonds. The molecule has 2 rings (SSSR count). The Morgan fingerprint density at radius 3 is 2.44 bits per heavy atom. The van der Waals surface area contributed by atoms with Gasteiger partial charge in [-0.05, 0) is 30.4 Å². The molecule has 1 saturated heterocycles. The molecule has 0 radical (unpaired) electrons. The molecule has 4 heteroatoms. The van der Waals surface area contributed by atoms with Gasteiger partial charge in [-0.1, -0.05) is 19.9 Å². The Hall–Kier alpha value is -1.71. The third kappa shape index (κ3) is 2.42. The van der Waals surface area contributed by atoms with Crippen molar-refractivity contribution in [1.29, 1.82) is 0 Å². The highest BCUT2D eigenvalue weighted by Crippen LogP contribution is 2.31. The van der Waals surface area contributed by atoms with Crippen LogP contribution in [0.3, 0.4) is 0 Å². The third-order valence-corrected chi connectivity index (χ3v) is 3.56. The number of primary amides is 1. The van der Waals surface area contributed by atoms with E-state index in [4.69, 9.17) is 11.5 Å². The number of nitrogen functional groups attached to an aromatic ring is 1. The van der Waals surface area contributed by atoms with Crippen molar-refractivity contribution in [2.45, 2.75) is 20.3 Å². The average molecular weight is 247 g/mol. The van der Waals surface area contributed by atoms with Gasteiger partial charge in [0.15, 0.2) is 0 Å². The van der Waals surface area contributed by atoms with Crippen LogP contribution in [-0.4, -0.2) is 19.0 Å². The topological polar surface area (TPSA) is 72.3 Å². The van der Waals surface area contributed by atoms with Gasteiger partial charge in [0.2, 0.25) is 0 Å². The van der Waals surface area contributed by atoms with Crippen LogP contribution in [0.25, 0.3) is 0 Å². The molecule has 1 aliphatic rings. The van der Waals surface area contributed by atoms with E-state index in [0.717, 1.165) is 18.8 Å². The van der Waals surface area contributed by atoms with E-state index in [1.54, 1.807) is 6.07 Å². The normalized spacial score (nSPS) is 24.0. The summed E-state index contributed by atoms with van der Waals surface area (Å²) in [5.74, 6) is 0.822. The van der Waals surface area contributed by atoms with Crippen molar-refractivity contribution in [1.82, 2.24) is 0 Å². The maximum absolute atomic E-state index is 11.3. The number of nitrogens with two attached hydrogens (primary N) is 2. The molecule has 98 valence electrons.